The second-order valence-electron chi connectivity index (χ2n) is 10.0. The number of nitrogens with one attached hydrogen (secondary N) is 2. The molecule has 2 saturated heterocycles. The van der Waals surface area contributed by atoms with Crippen LogP contribution in [0.4, 0.5) is 5.69 Å². The van der Waals surface area contributed by atoms with Crippen LogP contribution >= 0.6 is 0 Å². The molecule has 6 rings (SSSR count). The van der Waals surface area contributed by atoms with Gasteiger partial charge >= 0.3 is 0 Å². The second-order valence-corrected chi connectivity index (χ2v) is 10.0. The quantitative estimate of drug-likeness (QED) is 0.660. The Hall–Kier alpha value is -4.08. The molecule has 0 spiro atoms. The van der Waals surface area contributed by atoms with Crippen LogP contribution in [-0.2, 0) is 14.4 Å². The monoisotopic (exact) mass is 504 g/mol. The van der Waals surface area contributed by atoms with Gasteiger partial charge in [-0.25, -0.2) is 0 Å². The smallest absolute Gasteiger partial charge is 0.256 e. The van der Waals surface area contributed by atoms with Crippen molar-refractivity contribution in [2.75, 3.05) is 31.7 Å². The van der Waals surface area contributed by atoms with Crippen molar-refractivity contribution in [1.29, 1.82) is 0 Å². The summed E-state index contributed by atoms with van der Waals surface area (Å²) in [6.07, 6.45) is 1.58. The molecule has 4 amide bonds. The highest BCUT2D eigenvalue weighted by Gasteiger charge is 2.43. The number of carbonyl (C=O) groups is 4. The minimum Gasteiger partial charge on any atom is -0.454 e. The summed E-state index contributed by atoms with van der Waals surface area (Å²) < 4.78 is 10.9. The minimum absolute atomic E-state index is 0.0223. The first-order chi connectivity index (χ1) is 17.9. The molecular formula is C27H28N4O6. The first-order valence-corrected chi connectivity index (χ1v) is 12.6. The van der Waals surface area contributed by atoms with Gasteiger partial charge in [0.2, 0.25) is 24.5 Å². The number of piperidine rings is 1. The van der Waals surface area contributed by atoms with Crippen LogP contribution in [-0.4, -0.2) is 71.9 Å². The number of ether oxygens (including phenoxy) is 2. The van der Waals surface area contributed by atoms with Gasteiger partial charge in [-0.15, -0.1) is 0 Å². The summed E-state index contributed by atoms with van der Waals surface area (Å²) in [6, 6.07) is 10.0. The van der Waals surface area contributed by atoms with E-state index in [0.29, 0.717) is 55.1 Å². The summed E-state index contributed by atoms with van der Waals surface area (Å²) in [7, 11) is 0. The first-order valence-electron chi connectivity index (χ1n) is 12.6. The number of amides is 4. The van der Waals surface area contributed by atoms with E-state index in [1.54, 1.807) is 21.9 Å². The van der Waals surface area contributed by atoms with Gasteiger partial charge in [0, 0.05) is 38.5 Å². The maximum atomic E-state index is 13.6. The fourth-order valence-electron chi connectivity index (χ4n) is 5.65. The van der Waals surface area contributed by atoms with Crippen LogP contribution in [0, 0.1) is 5.92 Å². The van der Waals surface area contributed by atoms with Crippen molar-refractivity contribution in [3.63, 3.8) is 0 Å². The fraction of sp³-hybridized carbons (Fsp3) is 0.407. The van der Waals surface area contributed by atoms with Crippen LogP contribution in [0.3, 0.4) is 0 Å². The largest absolute Gasteiger partial charge is 0.454 e. The second kappa shape index (κ2) is 9.10. The maximum absolute atomic E-state index is 13.6. The molecule has 0 radical (unpaired) electrons. The van der Waals surface area contributed by atoms with Crippen LogP contribution < -0.4 is 20.1 Å². The summed E-state index contributed by atoms with van der Waals surface area (Å²) >= 11 is 0. The zero-order chi connectivity index (χ0) is 25.7. The molecule has 4 aliphatic rings. The number of carbonyl (C=O) groups excluding carboxylic acids is 4. The van der Waals surface area contributed by atoms with Crippen molar-refractivity contribution in [2.24, 2.45) is 5.92 Å². The third kappa shape index (κ3) is 4.26. The molecule has 2 N–H and O–H groups in total. The van der Waals surface area contributed by atoms with Crippen LogP contribution in [0.25, 0.3) is 11.1 Å². The highest BCUT2D eigenvalue weighted by molar-refractivity contribution is 6.11. The van der Waals surface area contributed by atoms with E-state index in [0.717, 1.165) is 11.1 Å². The molecule has 10 nitrogen and oxygen atoms in total. The lowest BCUT2D eigenvalue weighted by molar-refractivity contribution is -0.134. The molecule has 4 aliphatic heterocycles. The minimum atomic E-state index is -0.654. The molecule has 2 aromatic carbocycles. The highest BCUT2D eigenvalue weighted by Crippen LogP contribution is 2.38. The van der Waals surface area contributed by atoms with Crippen LogP contribution in [0.5, 0.6) is 11.5 Å². The molecule has 0 aromatic heterocycles. The number of nitrogens with zero attached hydrogens (tertiary/aromatic N) is 2. The van der Waals surface area contributed by atoms with Gasteiger partial charge in [-0.05, 0) is 54.7 Å². The number of fused-ring (bicyclic) bond motifs is 3. The van der Waals surface area contributed by atoms with Crippen molar-refractivity contribution < 1.29 is 28.7 Å². The number of hydrogen-bond donors (Lipinski definition) is 2. The zero-order valence-corrected chi connectivity index (χ0v) is 20.5. The molecule has 4 heterocycles. The van der Waals surface area contributed by atoms with E-state index < -0.39 is 6.04 Å². The van der Waals surface area contributed by atoms with Gasteiger partial charge in [0.15, 0.2) is 11.5 Å². The molecule has 0 aliphatic carbocycles. The van der Waals surface area contributed by atoms with E-state index in [1.165, 1.54) is 6.92 Å². The molecule has 2 aromatic rings. The molecule has 2 fully saturated rings. The van der Waals surface area contributed by atoms with Crippen molar-refractivity contribution in [3.05, 3.63) is 42.0 Å². The van der Waals surface area contributed by atoms with E-state index in [9.17, 15) is 19.2 Å². The number of hydrogen-bond acceptors (Lipinski definition) is 6. The number of anilines is 1. The molecule has 192 valence electrons. The molecule has 0 saturated carbocycles. The average molecular weight is 505 g/mol. The molecule has 2 atom stereocenters. The van der Waals surface area contributed by atoms with Gasteiger partial charge in [0.1, 0.15) is 6.04 Å². The Morgan fingerprint density at radius 1 is 1.00 bits per heavy atom. The lowest BCUT2D eigenvalue weighted by Gasteiger charge is -2.31. The van der Waals surface area contributed by atoms with Crippen molar-refractivity contribution in [1.82, 2.24) is 15.1 Å². The molecule has 0 unspecified atom stereocenters. The molecule has 37 heavy (non-hydrogen) atoms. The Bertz CT molecular complexity index is 1300. The van der Waals surface area contributed by atoms with Crippen molar-refractivity contribution in [2.45, 2.75) is 38.3 Å². The summed E-state index contributed by atoms with van der Waals surface area (Å²) in [4.78, 5) is 54.4. The topological polar surface area (TPSA) is 117 Å². The average Bonchev–Trinajstić information content (AvgIpc) is 3.53. The SMILES string of the molecule is CC(=O)N1CCC(C(=O)N[C@H]2C[C@H]3C(=O)Nc4ccc(-c5ccc6c(c5)OCO6)cc4C(=O)N3C2)CC1. The Morgan fingerprint density at radius 3 is 2.51 bits per heavy atom. The van der Waals surface area contributed by atoms with Gasteiger partial charge in [0.05, 0.1) is 11.3 Å². The summed E-state index contributed by atoms with van der Waals surface area (Å²) in [5.74, 6) is 0.599. The van der Waals surface area contributed by atoms with Gasteiger partial charge in [-0.1, -0.05) is 12.1 Å². The normalized spacial score (nSPS) is 22.7. The van der Waals surface area contributed by atoms with Gasteiger partial charge in [-0.3, -0.25) is 19.2 Å². The van der Waals surface area contributed by atoms with Crippen LogP contribution in [0.2, 0.25) is 0 Å². The number of rotatable bonds is 3. The Kier molecular flexibility index (Phi) is 5.73. The maximum Gasteiger partial charge on any atom is 0.256 e. The lowest BCUT2D eigenvalue weighted by atomic mass is 9.95. The predicted octanol–water partition coefficient (Wildman–Crippen LogP) is 1.99. The van der Waals surface area contributed by atoms with E-state index in [1.807, 2.05) is 24.3 Å². The van der Waals surface area contributed by atoms with Gasteiger partial charge < -0.3 is 29.9 Å². The molecular weight excluding hydrogens is 476 g/mol. The number of likely N-dealkylation sites (tertiary alicyclic amines) is 1. The highest BCUT2D eigenvalue weighted by atomic mass is 16.7. The Balaban J connectivity index is 1.18. The third-order valence-corrected chi connectivity index (χ3v) is 7.74. The Morgan fingerprint density at radius 2 is 1.73 bits per heavy atom. The summed E-state index contributed by atoms with van der Waals surface area (Å²) in [5.41, 5.74) is 2.58. The van der Waals surface area contributed by atoms with E-state index in [4.69, 9.17) is 9.47 Å². The van der Waals surface area contributed by atoms with Crippen molar-refractivity contribution >= 4 is 29.3 Å². The Labute approximate surface area is 213 Å². The lowest BCUT2D eigenvalue weighted by Crippen LogP contribution is -2.45. The molecule has 10 heteroatoms. The van der Waals surface area contributed by atoms with E-state index >= 15 is 0 Å². The third-order valence-electron chi connectivity index (χ3n) is 7.74. The van der Waals surface area contributed by atoms with Crippen LogP contribution in [0.1, 0.15) is 36.5 Å². The van der Waals surface area contributed by atoms with Crippen LogP contribution in [0.15, 0.2) is 36.4 Å². The summed E-state index contributed by atoms with van der Waals surface area (Å²) in [6.45, 7) is 3.12. The summed E-state index contributed by atoms with van der Waals surface area (Å²) in [5, 5.41) is 5.95. The fourth-order valence-corrected chi connectivity index (χ4v) is 5.65. The zero-order valence-electron chi connectivity index (χ0n) is 20.5. The van der Waals surface area contributed by atoms with Gasteiger partial charge in [0.25, 0.3) is 5.91 Å². The number of benzene rings is 2. The van der Waals surface area contributed by atoms with Gasteiger partial charge in [-0.2, -0.15) is 0 Å². The van der Waals surface area contributed by atoms with E-state index in [2.05, 4.69) is 10.6 Å². The predicted molar refractivity (Wildman–Crippen MR) is 133 cm³/mol. The molecule has 0 bridgehead atoms. The van der Waals surface area contributed by atoms with E-state index in [-0.39, 0.29) is 48.9 Å². The first kappa shape index (κ1) is 23.3. The van der Waals surface area contributed by atoms with Crippen molar-refractivity contribution in [3.8, 4) is 22.6 Å². The standard InChI is InChI=1S/C27H28N4O6/c1-15(32)30-8-6-16(7-9-30)25(33)28-19-12-22-26(34)29-21-4-2-17(10-20(21)27(35)31(22)13-19)18-3-5-23-24(11-18)37-14-36-23/h2-5,10-11,16,19,22H,6-9,12-14H2,1H3,(H,28,33)(H,29,34)/t19-,22-/m0/s1.